The standard InChI is InChI=1S/C19H21F3N2O3S/c1-11-8-15(26-3)16(27-4)9-14(11)12(2)24-17(25)13-6-5-7-23-18(13)28-10-19(20,21)22/h5-9,12H,10H2,1-4H3,(H,24,25). The predicted octanol–water partition coefficient (Wildman–Crippen LogP) is 4.55. The number of hydrogen-bond acceptors (Lipinski definition) is 5. The Morgan fingerprint density at radius 1 is 1.25 bits per heavy atom. The van der Waals surface area contributed by atoms with E-state index in [9.17, 15) is 18.0 Å². The number of pyridine rings is 1. The van der Waals surface area contributed by atoms with Gasteiger partial charge in [0.25, 0.3) is 5.91 Å². The number of nitrogens with zero attached hydrogens (tertiary/aromatic N) is 1. The van der Waals surface area contributed by atoms with E-state index < -0.39 is 23.9 Å². The lowest BCUT2D eigenvalue weighted by Gasteiger charge is -2.19. The topological polar surface area (TPSA) is 60.5 Å². The van der Waals surface area contributed by atoms with Crippen LogP contribution in [0.25, 0.3) is 0 Å². The first-order valence-electron chi connectivity index (χ1n) is 8.34. The zero-order chi connectivity index (χ0) is 20.9. The van der Waals surface area contributed by atoms with Gasteiger partial charge in [-0.3, -0.25) is 4.79 Å². The molecule has 2 rings (SSSR count). The van der Waals surface area contributed by atoms with Gasteiger partial charge < -0.3 is 14.8 Å². The third kappa shape index (κ3) is 5.54. The van der Waals surface area contributed by atoms with Crippen LogP contribution in [0.3, 0.4) is 0 Å². The molecule has 1 amide bonds. The van der Waals surface area contributed by atoms with Crippen molar-refractivity contribution in [3.63, 3.8) is 0 Å². The number of carbonyl (C=O) groups excluding carboxylic acids is 1. The molecule has 1 heterocycles. The first kappa shape index (κ1) is 21.9. The maximum absolute atomic E-state index is 12.7. The summed E-state index contributed by atoms with van der Waals surface area (Å²) in [7, 11) is 3.05. The van der Waals surface area contributed by atoms with Gasteiger partial charge >= 0.3 is 6.18 Å². The summed E-state index contributed by atoms with van der Waals surface area (Å²) in [4.78, 5) is 16.6. The second kappa shape index (κ2) is 9.18. The lowest BCUT2D eigenvalue weighted by Crippen LogP contribution is -2.28. The van der Waals surface area contributed by atoms with E-state index in [0.717, 1.165) is 11.1 Å². The first-order valence-corrected chi connectivity index (χ1v) is 9.32. The van der Waals surface area contributed by atoms with Gasteiger partial charge in [0.05, 0.1) is 31.6 Å². The average molecular weight is 414 g/mol. The summed E-state index contributed by atoms with van der Waals surface area (Å²) < 4.78 is 48.1. The quantitative estimate of drug-likeness (QED) is 0.674. The molecule has 0 radical (unpaired) electrons. The largest absolute Gasteiger partial charge is 0.493 e. The van der Waals surface area contributed by atoms with Crippen LogP contribution in [0.15, 0.2) is 35.5 Å². The molecule has 0 saturated carbocycles. The number of halogens is 3. The van der Waals surface area contributed by atoms with Crippen molar-refractivity contribution in [2.45, 2.75) is 31.1 Å². The van der Waals surface area contributed by atoms with E-state index in [-0.39, 0.29) is 10.6 Å². The van der Waals surface area contributed by atoms with Gasteiger partial charge in [-0.05, 0) is 49.2 Å². The molecular formula is C19H21F3N2O3S. The minimum Gasteiger partial charge on any atom is -0.493 e. The fourth-order valence-electron chi connectivity index (χ4n) is 2.64. The van der Waals surface area contributed by atoms with Crippen molar-refractivity contribution in [1.29, 1.82) is 0 Å². The molecule has 152 valence electrons. The van der Waals surface area contributed by atoms with Crippen molar-refractivity contribution in [3.05, 3.63) is 47.2 Å². The van der Waals surface area contributed by atoms with Crippen molar-refractivity contribution in [1.82, 2.24) is 10.3 Å². The van der Waals surface area contributed by atoms with Crippen LogP contribution in [0, 0.1) is 6.92 Å². The monoisotopic (exact) mass is 414 g/mol. The summed E-state index contributed by atoms with van der Waals surface area (Å²) in [6, 6.07) is 6.12. The number of aryl methyl sites for hydroxylation is 1. The van der Waals surface area contributed by atoms with Crippen molar-refractivity contribution < 1.29 is 27.4 Å². The molecule has 0 bridgehead atoms. The molecule has 0 fully saturated rings. The number of ether oxygens (including phenoxy) is 2. The van der Waals surface area contributed by atoms with E-state index in [0.29, 0.717) is 23.3 Å². The van der Waals surface area contributed by atoms with Crippen molar-refractivity contribution >= 4 is 17.7 Å². The molecule has 0 aliphatic heterocycles. The van der Waals surface area contributed by atoms with Gasteiger partial charge in [0, 0.05) is 6.20 Å². The molecule has 1 aromatic carbocycles. The minimum atomic E-state index is -4.35. The number of amides is 1. The van der Waals surface area contributed by atoms with Gasteiger partial charge in [-0.25, -0.2) is 4.98 Å². The highest BCUT2D eigenvalue weighted by Gasteiger charge is 2.29. The zero-order valence-corrected chi connectivity index (χ0v) is 16.7. The fourth-order valence-corrected chi connectivity index (χ4v) is 3.40. The maximum Gasteiger partial charge on any atom is 0.398 e. The van der Waals surface area contributed by atoms with Gasteiger partial charge in [-0.15, -0.1) is 0 Å². The van der Waals surface area contributed by atoms with Crippen LogP contribution >= 0.6 is 11.8 Å². The van der Waals surface area contributed by atoms with E-state index in [4.69, 9.17) is 9.47 Å². The lowest BCUT2D eigenvalue weighted by molar-refractivity contribution is -0.105. The van der Waals surface area contributed by atoms with Gasteiger partial charge in [-0.1, -0.05) is 11.8 Å². The third-order valence-electron chi connectivity index (χ3n) is 3.97. The zero-order valence-electron chi connectivity index (χ0n) is 15.9. The van der Waals surface area contributed by atoms with Crippen LogP contribution in [0.5, 0.6) is 11.5 Å². The number of carbonyl (C=O) groups is 1. The number of aromatic nitrogens is 1. The second-order valence-corrected chi connectivity index (χ2v) is 6.98. The molecule has 1 atom stereocenters. The molecule has 9 heteroatoms. The Morgan fingerprint density at radius 3 is 2.50 bits per heavy atom. The van der Waals surface area contributed by atoms with E-state index in [1.54, 1.807) is 19.1 Å². The summed E-state index contributed by atoms with van der Waals surface area (Å²) in [6.07, 6.45) is -2.99. The van der Waals surface area contributed by atoms with Crippen LogP contribution in [-0.4, -0.2) is 37.0 Å². The molecule has 1 unspecified atom stereocenters. The number of hydrogen-bond donors (Lipinski definition) is 1. The number of methoxy groups -OCH3 is 2. The molecule has 0 aliphatic rings. The van der Waals surface area contributed by atoms with Gasteiger partial charge in [0.2, 0.25) is 0 Å². The minimum absolute atomic E-state index is 0.0357. The Labute approximate surface area is 165 Å². The summed E-state index contributed by atoms with van der Waals surface area (Å²) in [6.45, 7) is 3.65. The molecular weight excluding hydrogens is 393 g/mol. The summed E-state index contributed by atoms with van der Waals surface area (Å²) in [5.74, 6) is -0.527. The number of thioether (sulfide) groups is 1. The van der Waals surface area contributed by atoms with E-state index >= 15 is 0 Å². The second-order valence-electron chi connectivity index (χ2n) is 6.02. The Bertz CT molecular complexity index is 844. The highest BCUT2D eigenvalue weighted by Crippen LogP contribution is 2.33. The molecule has 0 saturated heterocycles. The maximum atomic E-state index is 12.7. The lowest BCUT2D eigenvalue weighted by atomic mass is 10.0. The molecule has 5 nitrogen and oxygen atoms in total. The van der Waals surface area contributed by atoms with Crippen LogP contribution in [0.4, 0.5) is 13.2 Å². The molecule has 28 heavy (non-hydrogen) atoms. The molecule has 0 aliphatic carbocycles. The van der Waals surface area contributed by atoms with E-state index in [1.165, 1.54) is 32.5 Å². The van der Waals surface area contributed by atoms with Crippen LogP contribution in [-0.2, 0) is 0 Å². The van der Waals surface area contributed by atoms with Gasteiger partial charge in [0.1, 0.15) is 5.03 Å². The van der Waals surface area contributed by atoms with E-state index in [2.05, 4.69) is 10.3 Å². The number of nitrogens with one attached hydrogen (secondary N) is 1. The van der Waals surface area contributed by atoms with E-state index in [1.807, 2.05) is 6.92 Å². The fraction of sp³-hybridized carbons (Fsp3) is 0.368. The smallest absolute Gasteiger partial charge is 0.398 e. The third-order valence-corrected chi connectivity index (χ3v) is 5.05. The summed E-state index contributed by atoms with van der Waals surface area (Å²) in [5.41, 5.74) is 1.78. The van der Waals surface area contributed by atoms with Crippen LogP contribution < -0.4 is 14.8 Å². The van der Waals surface area contributed by atoms with Crippen molar-refractivity contribution in [2.75, 3.05) is 20.0 Å². The Kier molecular flexibility index (Phi) is 7.17. The number of benzene rings is 1. The highest BCUT2D eigenvalue weighted by molar-refractivity contribution is 7.99. The molecule has 1 aromatic heterocycles. The molecule has 1 N–H and O–H groups in total. The Hall–Kier alpha value is -2.42. The molecule has 2 aromatic rings. The summed E-state index contributed by atoms with van der Waals surface area (Å²) in [5, 5.41) is 2.85. The van der Waals surface area contributed by atoms with Crippen molar-refractivity contribution in [2.24, 2.45) is 0 Å². The number of rotatable bonds is 7. The number of alkyl halides is 3. The van der Waals surface area contributed by atoms with Gasteiger partial charge in [0.15, 0.2) is 11.5 Å². The Morgan fingerprint density at radius 2 is 1.89 bits per heavy atom. The molecule has 0 spiro atoms. The average Bonchev–Trinajstić information content (AvgIpc) is 2.65. The van der Waals surface area contributed by atoms with Crippen molar-refractivity contribution in [3.8, 4) is 11.5 Å². The Balaban J connectivity index is 2.22. The highest BCUT2D eigenvalue weighted by atomic mass is 32.2. The predicted molar refractivity (Wildman–Crippen MR) is 101 cm³/mol. The van der Waals surface area contributed by atoms with Gasteiger partial charge in [-0.2, -0.15) is 13.2 Å². The SMILES string of the molecule is COc1cc(C)c(C(C)NC(=O)c2cccnc2SCC(F)(F)F)cc1OC. The van der Waals surface area contributed by atoms with Crippen LogP contribution in [0.2, 0.25) is 0 Å². The first-order chi connectivity index (χ1) is 13.2. The van der Waals surface area contributed by atoms with Crippen LogP contribution in [0.1, 0.15) is 34.5 Å². The normalized spacial score (nSPS) is 12.4. The summed E-state index contributed by atoms with van der Waals surface area (Å²) >= 11 is 0.486.